The molecule has 0 saturated heterocycles. The lowest BCUT2D eigenvalue weighted by Crippen LogP contribution is -1.92. The summed E-state index contributed by atoms with van der Waals surface area (Å²) in [7, 11) is 0. The van der Waals surface area contributed by atoms with Crippen LogP contribution in [-0.4, -0.2) is 4.98 Å². The number of unbranched alkanes of at least 4 members (excludes halogenated alkanes) is 4. The molecule has 3 rings (SSSR count). The molecule has 0 fully saturated rings. The Balaban J connectivity index is 1.70. The standard InChI is InChI=1S/C27H32FN/c1-3-5-7-9-21-11-13-22(14-12-21)26-18-16-23(19-27(26)28)24-15-17-25(29-20-24)10-8-6-4-2/h11-20H,3-10H2,1-2H3. The molecule has 0 saturated carbocycles. The maximum absolute atomic E-state index is 14.8. The summed E-state index contributed by atoms with van der Waals surface area (Å²) in [6.45, 7) is 4.42. The Morgan fingerprint density at radius 2 is 1.34 bits per heavy atom. The third-order valence-electron chi connectivity index (χ3n) is 5.50. The van der Waals surface area contributed by atoms with Gasteiger partial charge in [-0.3, -0.25) is 4.98 Å². The molecule has 1 aromatic heterocycles. The highest BCUT2D eigenvalue weighted by Crippen LogP contribution is 2.28. The Labute approximate surface area is 175 Å². The predicted molar refractivity (Wildman–Crippen MR) is 122 cm³/mol. The van der Waals surface area contributed by atoms with Gasteiger partial charge < -0.3 is 0 Å². The average molecular weight is 390 g/mol. The second-order valence-corrected chi connectivity index (χ2v) is 7.84. The number of nitrogens with zero attached hydrogens (tertiary/aromatic N) is 1. The van der Waals surface area contributed by atoms with Crippen molar-refractivity contribution >= 4 is 0 Å². The van der Waals surface area contributed by atoms with E-state index in [-0.39, 0.29) is 5.82 Å². The van der Waals surface area contributed by atoms with Gasteiger partial charge in [0.05, 0.1) is 0 Å². The summed E-state index contributed by atoms with van der Waals surface area (Å²) in [5, 5.41) is 0. The first-order valence-electron chi connectivity index (χ1n) is 11.1. The van der Waals surface area contributed by atoms with Crippen molar-refractivity contribution in [2.24, 2.45) is 0 Å². The van der Waals surface area contributed by atoms with Crippen LogP contribution in [0.15, 0.2) is 60.8 Å². The van der Waals surface area contributed by atoms with Crippen molar-refractivity contribution in [2.75, 3.05) is 0 Å². The fourth-order valence-electron chi connectivity index (χ4n) is 3.66. The minimum Gasteiger partial charge on any atom is -0.261 e. The van der Waals surface area contributed by atoms with E-state index in [4.69, 9.17) is 0 Å². The monoisotopic (exact) mass is 389 g/mol. The van der Waals surface area contributed by atoms with Crippen molar-refractivity contribution in [2.45, 2.75) is 65.2 Å². The lowest BCUT2D eigenvalue weighted by molar-refractivity contribution is 0.632. The number of rotatable bonds is 10. The van der Waals surface area contributed by atoms with Crippen molar-refractivity contribution in [1.82, 2.24) is 4.98 Å². The van der Waals surface area contributed by atoms with Crippen LogP contribution in [0.2, 0.25) is 0 Å². The zero-order chi connectivity index (χ0) is 20.5. The van der Waals surface area contributed by atoms with Gasteiger partial charge in [0.25, 0.3) is 0 Å². The maximum atomic E-state index is 14.8. The second-order valence-electron chi connectivity index (χ2n) is 7.84. The molecule has 0 unspecified atom stereocenters. The molecule has 0 amide bonds. The third-order valence-corrected chi connectivity index (χ3v) is 5.50. The minimum atomic E-state index is -0.187. The highest BCUT2D eigenvalue weighted by atomic mass is 19.1. The number of aryl methyl sites for hydroxylation is 2. The SMILES string of the molecule is CCCCCc1ccc(-c2ccc(-c3ccc(CCCCC)nc3)cc2F)cc1. The van der Waals surface area contributed by atoms with E-state index >= 15 is 0 Å². The molecule has 0 N–H and O–H groups in total. The van der Waals surface area contributed by atoms with E-state index in [1.165, 1.54) is 44.1 Å². The van der Waals surface area contributed by atoms with E-state index in [0.29, 0.717) is 5.56 Å². The molecule has 0 aliphatic heterocycles. The van der Waals surface area contributed by atoms with E-state index in [1.54, 1.807) is 6.07 Å². The summed E-state index contributed by atoms with van der Waals surface area (Å²) in [5.41, 5.74) is 5.84. The van der Waals surface area contributed by atoms with E-state index in [0.717, 1.165) is 35.2 Å². The molecule has 0 spiro atoms. The molecule has 152 valence electrons. The van der Waals surface area contributed by atoms with Crippen molar-refractivity contribution in [3.8, 4) is 22.3 Å². The van der Waals surface area contributed by atoms with Crippen LogP contribution in [-0.2, 0) is 12.8 Å². The predicted octanol–water partition coefficient (Wildman–Crippen LogP) is 8.02. The van der Waals surface area contributed by atoms with Gasteiger partial charge in [-0.05, 0) is 54.5 Å². The second kappa shape index (κ2) is 10.9. The number of hydrogen-bond donors (Lipinski definition) is 0. The van der Waals surface area contributed by atoms with Gasteiger partial charge >= 0.3 is 0 Å². The first kappa shape index (κ1) is 21.2. The van der Waals surface area contributed by atoms with Crippen LogP contribution < -0.4 is 0 Å². The van der Waals surface area contributed by atoms with E-state index in [1.807, 2.05) is 36.5 Å². The molecule has 2 heteroatoms. The number of hydrogen-bond acceptors (Lipinski definition) is 1. The van der Waals surface area contributed by atoms with Crippen molar-refractivity contribution in [1.29, 1.82) is 0 Å². The van der Waals surface area contributed by atoms with Gasteiger partial charge in [0.15, 0.2) is 0 Å². The molecule has 3 aromatic rings. The van der Waals surface area contributed by atoms with Gasteiger partial charge in [0, 0.05) is 23.0 Å². The first-order valence-corrected chi connectivity index (χ1v) is 11.1. The Kier molecular flexibility index (Phi) is 7.98. The van der Waals surface area contributed by atoms with Crippen LogP contribution >= 0.6 is 0 Å². The summed E-state index contributed by atoms with van der Waals surface area (Å²) in [4.78, 5) is 4.55. The van der Waals surface area contributed by atoms with Crippen molar-refractivity contribution in [3.05, 3.63) is 77.9 Å². The normalized spacial score (nSPS) is 11.0. The van der Waals surface area contributed by atoms with Crippen molar-refractivity contribution in [3.63, 3.8) is 0 Å². The lowest BCUT2D eigenvalue weighted by Gasteiger charge is -2.09. The van der Waals surface area contributed by atoms with Crippen LogP contribution in [0.4, 0.5) is 4.39 Å². The molecular formula is C27H32FN. The highest BCUT2D eigenvalue weighted by Gasteiger charge is 2.08. The Hall–Kier alpha value is -2.48. The molecule has 0 bridgehead atoms. The fourth-order valence-corrected chi connectivity index (χ4v) is 3.66. The quantitative estimate of drug-likeness (QED) is 0.320. The summed E-state index contributed by atoms with van der Waals surface area (Å²) in [6, 6.07) is 17.9. The molecule has 1 heterocycles. The van der Waals surface area contributed by atoms with Gasteiger partial charge in [-0.15, -0.1) is 0 Å². The highest BCUT2D eigenvalue weighted by molar-refractivity contribution is 5.70. The van der Waals surface area contributed by atoms with Crippen LogP contribution in [0, 0.1) is 5.82 Å². The summed E-state index contributed by atoms with van der Waals surface area (Å²) < 4.78 is 14.8. The maximum Gasteiger partial charge on any atom is 0.131 e. The van der Waals surface area contributed by atoms with E-state index in [2.05, 4.69) is 37.0 Å². The molecular weight excluding hydrogens is 357 g/mol. The minimum absolute atomic E-state index is 0.187. The van der Waals surface area contributed by atoms with Crippen LogP contribution in [0.3, 0.4) is 0 Å². The number of benzene rings is 2. The summed E-state index contributed by atoms with van der Waals surface area (Å²) >= 11 is 0. The smallest absolute Gasteiger partial charge is 0.131 e. The lowest BCUT2D eigenvalue weighted by atomic mass is 9.98. The molecule has 0 aliphatic carbocycles. The fraction of sp³-hybridized carbons (Fsp3) is 0.370. The van der Waals surface area contributed by atoms with Gasteiger partial charge in [-0.25, -0.2) is 4.39 Å². The van der Waals surface area contributed by atoms with E-state index < -0.39 is 0 Å². The molecule has 29 heavy (non-hydrogen) atoms. The zero-order valence-corrected chi connectivity index (χ0v) is 17.8. The number of halogens is 1. The Morgan fingerprint density at radius 3 is 1.97 bits per heavy atom. The number of aromatic nitrogens is 1. The molecule has 2 aromatic carbocycles. The van der Waals surface area contributed by atoms with Crippen LogP contribution in [0.5, 0.6) is 0 Å². The van der Waals surface area contributed by atoms with Crippen LogP contribution in [0.1, 0.15) is 63.6 Å². The van der Waals surface area contributed by atoms with Crippen molar-refractivity contribution < 1.29 is 4.39 Å². The molecule has 0 atom stereocenters. The van der Waals surface area contributed by atoms with Gasteiger partial charge in [-0.1, -0.05) is 82.0 Å². The van der Waals surface area contributed by atoms with Gasteiger partial charge in [0.1, 0.15) is 5.82 Å². The Bertz CT molecular complexity index is 881. The van der Waals surface area contributed by atoms with E-state index in [9.17, 15) is 4.39 Å². The van der Waals surface area contributed by atoms with Gasteiger partial charge in [0.2, 0.25) is 0 Å². The third kappa shape index (κ3) is 6.00. The van der Waals surface area contributed by atoms with Crippen LogP contribution in [0.25, 0.3) is 22.3 Å². The Morgan fingerprint density at radius 1 is 0.690 bits per heavy atom. The first-order chi connectivity index (χ1) is 14.2. The summed E-state index contributed by atoms with van der Waals surface area (Å²) in [6.07, 6.45) is 11.3. The largest absolute Gasteiger partial charge is 0.261 e. The van der Waals surface area contributed by atoms with Gasteiger partial charge in [-0.2, -0.15) is 0 Å². The molecule has 1 nitrogen and oxygen atoms in total. The molecule has 0 aliphatic rings. The topological polar surface area (TPSA) is 12.9 Å². The number of pyridine rings is 1. The zero-order valence-electron chi connectivity index (χ0n) is 17.8. The molecule has 0 radical (unpaired) electrons. The average Bonchev–Trinajstić information content (AvgIpc) is 2.75. The summed E-state index contributed by atoms with van der Waals surface area (Å²) in [5.74, 6) is -0.187.